The van der Waals surface area contributed by atoms with Crippen molar-refractivity contribution in [2.75, 3.05) is 7.11 Å². The van der Waals surface area contributed by atoms with Gasteiger partial charge in [-0.25, -0.2) is 0 Å². The molecule has 82 valence electrons. The molecule has 0 spiro atoms. The van der Waals surface area contributed by atoms with E-state index in [0.717, 1.165) is 0 Å². The molecule has 0 radical (unpaired) electrons. The maximum Gasteiger partial charge on any atom is 0.327 e. The van der Waals surface area contributed by atoms with E-state index < -0.39 is 12.0 Å². The van der Waals surface area contributed by atoms with Crippen LogP contribution in [0.4, 0.5) is 0 Å². The number of carbonyl (C=O) groups is 1. The Morgan fingerprint density at radius 2 is 2.27 bits per heavy atom. The number of methoxy groups -OCH3 is 1. The highest BCUT2D eigenvalue weighted by Gasteiger charge is 2.21. The fourth-order valence-corrected chi connectivity index (χ4v) is 1.91. The molecule has 0 saturated heterocycles. The van der Waals surface area contributed by atoms with Crippen molar-refractivity contribution in [1.29, 1.82) is 0 Å². The monoisotopic (exact) mass is 293 g/mol. The predicted molar refractivity (Wildman–Crippen MR) is 59.8 cm³/mol. The average Bonchev–Trinajstić information content (AvgIpc) is 2.21. The van der Waals surface area contributed by atoms with Gasteiger partial charge < -0.3 is 15.6 Å². The fraction of sp³-hybridized carbons (Fsp3) is 0.222. The highest BCUT2D eigenvalue weighted by atomic mass is 79.9. The molecule has 4 nitrogen and oxygen atoms in total. The van der Waals surface area contributed by atoms with E-state index in [1.54, 1.807) is 0 Å². The van der Waals surface area contributed by atoms with E-state index >= 15 is 0 Å². The van der Waals surface area contributed by atoms with Crippen LogP contribution in [-0.4, -0.2) is 18.2 Å². The van der Waals surface area contributed by atoms with Crippen LogP contribution in [0.2, 0.25) is 5.02 Å². The van der Waals surface area contributed by atoms with Crippen molar-refractivity contribution in [2.45, 2.75) is 6.04 Å². The first-order valence-electron chi connectivity index (χ1n) is 3.98. The zero-order valence-electron chi connectivity index (χ0n) is 7.83. The number of phenolic OH excluding ortho intramolecular Hbond substituents is 1. The van der Waals surface area contributed by atoms with Crippen molar-refractivity contribution in [2.24, 2.45) is 5.73 Å². The minimum Gasteiger partial charge on any atom is -0.506 e. The van der Waals surface area contributed by atoms with Crippen LogP contribution in [0.1, 0.15) is 11.6 Å². The molecule has 6 heteroatoms. The molecule has 1 aromatic rings. The Balaban J connectivity index is 3.19. The number of hydrogen-bond acceptors (Lipinski definition) is 4. The molecule has 0 fully saturated rings. The molecule has 0 saturated carbocycles. The number of hydrogen-bond donors (Lipinski definition) is 2. The van der Waals surface area contributed by atoms with Crippen LogP contribution >= 0.6 is 27.5 Å². The first-order valence-corrected chi connectivity index (χ1v) is 5.15. The highest BCUT2D eigenvalue weighted by molar-refractivity contribution is 9.10. The maximum atomic E-state index is 11.2. The van der Waals surface area contributed by atoms with Crippen LogP contribution in [0.25, 0.3) is 0 Å². The number of carbonyl (C=O) groups excluding carboxylic acids is 1. The molecule has 0 aliphatic heterocycles. The normalized spacial score (nSPS) is 12.3. The molecular formula is C9H9BrClNO3. The molecule has 0 amide bonds. The van der Waals surface area contributed by atoms with Gasteiger partial charge in [-0.15, -0.1) is 0 Å². The third-order valence-corrected chi connectivity index (χ3v) is 2.59. The zero-order valence-corrected chi connectivity index (χ0v) is 10.2. The van der Waals surface area contributed by atoms with E-state index in [9.17, 15) is 9.90 Å². The predicted octanol–water partition coefficient (Wildman–Crippen LogP) is 1.98. The molecular weight excluding hydrogens is 285 g/mol. The van der Waals surface area contributed by atoms with Gasteiger partial charge in [-0.05, 0) is 12.1 Å². The summed E-state index contributed by atoms with van der Waals surface area (Å²) in [4.78, 5) is 11.2. The number of rotatable bonds is 2. The number of ether oxygens (including phenoxy) is 1. The Morgan fingerprint density at radius 3 is 2.80 bits per heavy atom. The molecule has 1 aromatic carbocycles. The lowest BCUT2D eigenvalue weighted by molar-refractivity contribution is -0.142. The molecule has 3 N–H and O–H groups in total. The second-order valence-electron chi connectivity index (χ2n) is 2.83. The van der Waals surface area contributed by atoms with Gasteiger partial charge in [0.1, 0.15) is 11.8 Å². The third-order valence-electron chi connectivity index (χ3n) is 1.85. The van der Waals surface area contributed by atoms with Crippen LogP contribution in [0.15, 0.2) is 16.6 Å². The number of esters is 1. The summed E-state index contributed by atoms with van der Waals surface area (Å²) >= 11 is 8.91. The minimum atomic E-state index is -1.05. The van der Waals surface area contributed by atoms with Gasteiger partial charge in [0.05, 0.1) is 12.1 Å². The molecule has 0 unspecified atom stereocenters. The fourth-order valence-electron chi connectivity index (χ4n) is 1.08. The summed E-state index contributed by atoms with van der Waals surface area (Å²) in [6.07, 6.45) is 0. The van der Waals surface area contributed by atoms with Gasteiger partial charge in [0.25, 0.3) is 0 Å². The minimum absolute atomic E-state index is 0.124. The molecule has 0 bridgehead atoms. The Bertz CT molecular complexity index is 397. The smallest absolute Gasteiger partial charge is 0.327 e. The molecule has 0 aliphatic carbocycles. The number of aromatic hydroxyl groups is 1. The molecule has 0 aromatic heterocycles. The van der Waals surface area contributed by atoms with E-state index in [0.29, 0.717) is 4.47 Å². The first-order chi connectivity index (χ1) is 6.97. The standard InChI is InChI=1S/C9H9BrClNO3/c1-15-9(14)7(12)5-2-4(10)3-6(11)8(5)13/h2-3,7,13H,12H2,1H3/t7-/m1/s1. The van der Waals surface area contributed by atoms with Crippen molar-refractivity contribution in [3.05, 3.63) is 27.2 Å². The Hall–Kier alpha value is -0.780. The molecule has 0 heterocycles. The number of benzene rings is 1. The van der Waals surface area contributed by atoms with Gasteiger partial charge in [0, 0.05) is 10.0 Å². The van der Waals surface area contributed by atoms with Gasteiger partial charge in [0.2, 0.25) is 0 Å². The number of phenols is 1. The maximum absolute atomic E-state index is 11.2. The van der Waals surface area contributed by atoms with Gasteiger partial charge >= 0.3 is 5.97 Å². The topological polar surface area (TPSA) is 72.5 Å². The van der Waals surface area contributed by atoms with E-state index in [4.69, 9.17) is 17.3 Å². The molecule has 1 atom stereocenters. The van der Waals surface area contributed by atoms with Gasteiger partial charge in [-0.1, -0.05) is 27.5 Å². The summed E-state index contributed by atoms with van der Waals surface area (Å²) in [5.41, 5.74) is 5.80. The highest BCUT2D eigenvalue weighted by Crippen LogP contribution is 2.34. The third kappa shape index (κ3) is 2.62. The van der Waals surface area contributed by atoms with Crippen LogP contribution in [0.3, 0.4) is 0 Å². The van der Waals surface area contributed by atoms with Crippen LogP contribution in [0.5, 0.6) is 5.75 Å². The number of nitrogens with two attached hydrogens (primary N) is 1. The van der Waals surface area contributed by atoms with E-state index in [1.807, 2.05) is 0 Å². The van der Waals surface area contributed by atoms with Gasteiger partial charge in [-0.2, -0.15) is 0 Å². The second kappa shape index (κ2) is 4.83. The summed E-state index contributed by atoms with van der Waals surface area (Å²) in [6, 6.07) is 1.97. The molecule has 1 rings (SSSR count). The summed E-state index contributed by atoms with van der Waals surface area (Å²) in [7, 11) is 1.22. The Labute approximate surface area is 100 Å². The first kappa shape index (κ1) is 12.3. The average molecular weight is 295 g/mol. The van der Waals surface area contributed by atoms with Crippen molar-refractivity contribution >= 4 is 33.5 Å². The Morgan fingerprint density at radius 1 is 1.67 bits per heavy atom. The van der Waals surface area contributed by atoms with Crippen molar-refractivity contribution < 1.29 is 14.6 Å². The molecule has 0 aliphatic rings. The number of halogens is 2. The molecule has 15 heavy (non-hydrogen) atoms. The van der Waals surface area contributed by atoms with Crippen molar-refractivity contribution in [3.8, 4) is 5.75 Å². The zero-order chi connectivity index (χ0) is 11.6. The quantitative estimate of drug-likeness (QED) is 0.818. The van der Waals surface area contributed by atoms with Crippen molar-refractivity contribution in [3.63, 3.8) is 0 Å². The van der Waals surface area contributed by atoms with Crippen LogP contribution < -0.4 is 5.73 Å². The largest absolute Gasteiger partial charge is 0.506 e. The van der Waals surface area contributed by atoms with Crippen LogP contribution in [-0.2, 0) is 9.53 Å². The van der Waals surface area contributed by atoms with E-state index in [-0.39, 0.29) is 16.3 Å². The second-order valence-corrected chi connectivity index (χ2v) is 4.15. The Kier molecular flexibility index (Phi) is 3.96. The van der Waals surface area contributed by atoms with Gasteiger partial charge in [0.15, 0.2) is 0 Å². The van der Waals surface area contributed by atoms with Crippen LogP contribution in [0, 0.1) is 0 Å². The summed E-state index contributed by atoms with van der Waals surface area (Å²) in [5, 5.41) is 9.72. The van der Waals surface area contributed by atoms with E-state index in [1.165, 1.54) is 19.2 Å². The summed E-state index contributed by atoms with van der Waals surface area (Å²) in [5.74, 6) is -0.850. The summed E-state index contributed by atoms with van der Waals surface area (Å²) in [6.45, 7) is 0. The van der Waals surface area contributed by atoms with Crippen molar-refractivity contribution in [1.82, 2.24) is 0 Å². The summed E-state index contributed by atoms with van der Waals surface area (Å²) < 4.78 is 5.09. The lowest BCUT2D eigenvalue weighted by atomic mass is 10.1. The van der Waals surface area contributed by atoms with Gasteiger partial charge in [-0.3, -0.25) is 4.79 Å². The van der Waals surface area contributed by atoms with E-state index in [2.05, 4.69) is 20.7 Å². The lowest BCUT2D eigenvalue weighted by Crippen LogP contribution is -2.22. The lowest BCUT2D eigenvalue weighted by Gasteiger charge is -2.12. The SMILES string of the molecule is COC(=O)[C@H](N)c1cc(Br)cc(Cl)c1O.